The van der Waals surface area contributed by atoms with Gasteiger partial charge in [-0.3, -0.25) is 9.59 Å². The van der Waals surface area contributed by atoms with Crippen LogP contribution in [0.5, 0.6) is 0 Å². The number of carbonyl (C=O) groups is 3. The van der Waals surface area contributed by atoms with Crippen molar-refractivity contribution in [2.45, 2.75) is 10.1 Å². The van der Waals surface area contributed by atoms with E-state index in [-0.39, 0.29) is 33.8 Å². The van der Waals surface area contributed by atoms with Crippen LogP contribution in [0.1, 0.15) is 31.7 Å². The van der Waals surface area contributed by atoms with Crippen molar-refractivity contribution in [2.24, 2.45) is 0 Å². The topological polar surface area (TPSA) is 109 Å². The second-order valence-corrected chi connectivity index (χ2v) is 8.94. The van der Waals surface area contributed by atoms with Crippen molar-refractivity contribution >= 4 is 52.5 Å². The summed E-state index contributed by atoms with van der Waals surface area (Å²) < 4.78 is 5.09. The maximum absolute atomic E-state index is 13.3. The summed E-state index contributed by atoms with van der Waals surface area (Å²) in [6, 6.07) is 23.6. The lowest BCUT2D eigenvalue weighted by Gasteiger charge is -2.18. The molecule has 0 radical (unpaired) electrons. The third-order valence-electron chi connectivity index (χ3n) is 4.92. The number of hydrogen-bond acceptors (Lipinski definition) is 5. The molecule has 1 unspecified atom stereocenters. The predicted octanol–water partition coefficient (Wildman–Crippen LogP) is 6.36. The summed E-state index contributed by atoms with van der Waals surface area (Å²) in [4.78, 5) is 37.6. The molecule has 1 heterocycles. The zero-order chi connectivity index (χ0) is 24.8. The standard InChI is InChI=1S/C26H19ClN2O5S/c27-20-13-8-17(26(32)33)15-21(20)29-25(31)23(16-5-2-1-3-6-16)35-19-11-9-18(10-12-19)28-24(30)22-7-4-14-34-22/h1-15,23H,(H,28,30)(H,29,31)(H,32,33). The number of nitrogens with one attached hydrogen (secondary N) is 2. The molecule has 9 heteroatoms. The van der Waals surface area contributed by atoms with E-state index in [1.165, 1.54) is 36.2 Å². The molecule has 4 rings (SSSR count). The first-order valence-corrected chi connectivity index (χ1v) is 11.7. The van der Waals surface area contributed by atoms with Gasteiger partial charge in [0.1, 0.15) is 5.25 Å². The van der Waals surface area contributed by atoms with Crippen LogP contribution in [0.15, 0.2) is 101 Å². The van der Waals surface area contributed by atoms with Crippen molar-refractivity contribution in [3.8, 4) is 0 Å². The number of aromatic carboxylic acids is 1. The highest BCUT2D eigenvalue weighted by Crippen LogP contribution is 2.37. The maximum atomic E-state index is 13.3. The van der Waals surface area contributed by atoms with Crippen LogP contribution in [0, 0.1) is 0 Å². The van der Waals surface area contributed by atoms with Gasteiger partial charge in [-0.2, -0.15) is 0 Å². The van der Waals surface area contributed by atoms with Crippen LogP contribution >= 0.6 is 23.4 Å². The molecule has 176 valence electrons. The van der Waals surface area contributed by atoms with Gasteiger partial charge in [0.2, 0.25) is 5.91 Å². The van der Waals surface area contributed by atoms with Gasteiger partial charge in [0.25, 0.3) is 5.91 Å². The number of hydrogen-bond donors (Lipinski definition) is 3. The number of carboxylic acid groups (broad SMARTS) is 1. The number of furan rings is 1. The Morgan fingerprint density at radius 1 is 0.886 bits per heavy atom. The molecule has 0 fully saturated rings. The molecule has 0 aliphatic rings. The molecule has 0 aliphatic carbocycles. The Kier molecular flexibility index (Phi) is 7.54. The number of carbonyl (C=O) groups excluding carboxylic acids is 2. The average molecular weight is 507 g/mol. The maximum Gasteiger partial charge on any atom is 0.335 e. The molecule has 7 nitrogen and oxygen atoms in total. The second kappa shape index (κ2) is 10.9. The molecule has 0 aliphatic heterocycles. The Labute approximate surface area is 210 Å². The average Bonchev–Trinajstić information content (AvgIpc) is 3.40. The third-order valence-corrected chi connectivity index (χ3v) is 6.52. The van der Waals surface area contributed by atoms with Crippen LogP contribution in [0.2, 0.25) is 5.02 Å². The van der Waals surface area contributed by atoms with Crippen LogP contribution < -0.4 is 10.6 Å². The monoisotopic (exact) mass is 506 g/mol. The van der Waals surface area contributed by atoms with Gasteiger partial charge in [0.05, 0.1) is 22.5 Å². The summed E-state index contributed by atoms with van der Waals surface area (Å²) in [5.41, 5.74) is 1.57. The van der Waals surface area contributed by atoms with Gasteiger partial charge in [-0.25, -0.2) is 4.79 Å². The molecule has 3 N–H and O–H groups in total. The van der Waals surface area contributed by atoms with Gasteiger partial charge in [-0.05, 0) is 60.2 Å². The minimum atomic E-state index is -1.12. The fourth-order valence-corrected chi connectivity index (χ4v) is 4.40. The van der Waals surface area contributed by atoms with Crippen LogP contribution in [0.4, 0.5) is 11.4 Å². The summed E-state index contributed by atoms with van der Waals surface area (Å²) in [5, 5.41) is 14.3. The summed E-state index contributed by atoms with van der Waals surface area (Å²) in [6.07, 6.45) is 1.43. The SMILES string of the molecule is O=C(O)c1ccc(Cl)c(NC(=O)C(Sc2ccc(NC(=O)c3ccco3)cc2)c2ccccc2)c1. The first kappa shape index (κ1) is 24.1. The van der Waals surface area contributed by atoms with E-state index in [4.69, 9.17) is 16.0 Å². The van der Waals surface area contributed by atoms with Crippen molar-refractivity contribution < 1.29 is 23.9 Å². The number of rotatable bonds is 8. The Balaban J connectivity index is 1.53. The van der Waals surface area contributed by atoms with Crippen molar-refractivity contribution in [3.05, 3.63) is 113 Å². The van der Waals surface area contributed by atoms with Crippen molar-refractivity contribution in [1.29, 1.82) is 0 Å². The summed E-state index contributed by atoms with van der Waals surface area (Å²) in [7, 11) is 0. The lowest BCUT2D eigenvalue weighted by molar-refractivity contribution is -0.115. The molecule has 35 heavy (non-hydrogen) atoms. The molecule has 0 bridgehead atoms. The smallest absolute Gasteiger partial charge is 0.335 e. The van der Waals surface area contributed by atoms with Crippen LogP contribution in [-0.4, -0.2) is 22.9 Å². The zero-order valence-electron chi connectivity index (χ0n) is 18.1. The molecule has 1 aromatic heterocycles. The van der Waals surface area contributed by atoms with E-state index < -0.39 is 11.2 Å². The number of benzene rings is 3. The van der Waals surface area contributed by atoms with E-state index in [0.717, 1.165) is 10.5 Å². The van der Waals surface area contributed by atoms with Gasteiger partial charge in [0.15, 0.2) is 5.76 Å². The van der Waals surface area contributed by atoms with Crippen LogP contribution in [-0.2, 0) is 4.79 Å². The van der Waals surface area contributed by atoms with Crippen molar-refractivity contribution in [3.63, 3.8) is 0 Å². The van der Waals surface area contributed by atoms with Gasteiger partial charge in [0, 0.05) is 10.6 Å². The van der Waals surface area contributed by atoms with Crippen molar-refractivity contribution in [1.82, 2.24) is 0 Å². The summed E-state index contributed by atoms with van der Waals surface area (Å²) >= 11 is 7.50. The quantitative estimate of drug-likeness (QED) is 0.240. The molecule has 0 saturated carbocycles. The number of amides is 2. The van der Waals surface area contributed by atoms with Crippen molar-refractivity contribution in [2.75, 3.05) is 10.6 Å². The van der Waals surface area contributed by atoms with E-state index in [0.29, 0.717) is 5.69 Å². The Morgan fingerprint density at radius 3 is 2.29 bits per heavy atom. The number of anilines is 2. The van der Waals surface area contributed by atoms with E-state index in [9.17, 15) is 19.5 Å². The van der Waals surface area contributed by atoms with Gasteiger partial charge in [-0.1, -0.05) is 41.9 Å². The lowest BCUT2D eigenvalue weighted by atomic mass is 10.1. The fourth-order valence-electron chi connectivity index (χ4n) is 3.21. The minimum Gasteiger partial charge on any atom is -0.478 e. The highest BCUT2D eigenvalue weighted by molar-refractivity contribution is 8.00. The Morgan fingerprint density at radius 2 is 1.63 bits per heavy atom. The molecule has 2 amide bonds. The number of halogens is 1. The fraction of sp³-hybridized carbons (Fsp3) is 0.0385. The number of thioether (sulfide) groups is 1. The molecule has 4 aromatic rings. The highest BCUT2D eigenvalue weighted by Gasteiger charge is 2.23. The zero-order valence-corrected chi connectivity index (χ0v) is 19.7. The van der Waals surface area contributed by atoms with E-state index in [1.807, 2.05) is 30.3 Å². The first-order valence-electron chi connectivity index (χ1n) is 10.4. The molecule has 0 spiro atoms. The minimum absolute atomic E-state index is 0.0146. The van der Waals surface area contributed by atoms with Crippen LogP contribution in [0.25, 0.3) is 0 Å². The predicted molar refractivity (Wildman–Crippen MR) is 135 cm³/mol. The van der Waals surface area contributed by atoms with Crippen LogP contribution in [0.3, 0.4) is 0 Å². The molecular formula is C26H19ClN2O5S. The second-order valence-electron chi connectivity index (χ2n) is 7.35. The van der Waals surface area contributed by atoms with E-state index in [2.05, 4.69) is 10.6 Å². The first-order chi connectivity index (χ1) is 16.9. The highest BCUT2D eigenvalue weighted by atomic mass is 35.5. The molecular weight excluding hydrogens is 488 g/mol. The number of carboxylic acids is 1. The largest absolute Gasteiger partial charge is 0.478 e. The van der Waals surface area contributed by atoms with Gasteiger partial charge in [-0.15, -0.1) is 11.8 Å². The Hall–Kier alpha value is -4.01. The van der Waals surface area contributed by atoms with Gasteiger partial charge < -0.3 is 20.2 Å². The van der Waals surface area contributed by atoms with E-state index >= 15 is 0 Å². The summed E-state index contributed by atoms with van der Waals surface area (Å²) in [6.45, 7) is 0. The normalized spacial score (nSPS) is 11.5. The molecule has 3 aromatic carbocycles. The summed E-state index contributed by atoms with van der Waals surface area (Å²) in [5.74, 6) is -1.64. The lowest BCUT2D eigenvalue weighted by Crippen LogP contribution is -2.19. The Bertz CT molecular complexity index is 1340. The molecule has 0 saturated heterocycles. The van der Waals surface area contributed by atoms with Gasteiger partial charge >= 0.3 is 5.97 Å². The van der Waals surface area contributed by atoms with E-state index in [1.54, 1.807) is 36.4 Å². The molecule has 1 atom stereocenters. The third kappa shape index (κ3) is 6.11.